The van der Waals surface area contributed by atoms with E-state index in [1.807, 2.05) is 13.8 Å². The van der Waals surface area contributed by atoms with E-state index in [1.165, 1.54) is 13.0 Å². The van der Waals surface area contributed by atoms with Gasteiger partial charge < -0.3 is 14.8 Å². The Morgan fingerprint density at radius 1 is 1.17 bits per heavy atom. The number of benzene rings is 1. The van der Waals surface area contributed by atoms with Gasteiger partial charge in [-0.05, 0) is 32.4 Å². The monoisotopic (exact) mass is 257 g/mol. The van der Waals surface area contributed by atoms with Gasteiger partial charge in [0.2, 0.25) is 0 Å². The van der Waals surface area contributed by atoms with Crippen LogP contribution < -0.4 is 5.32 Å². The second-order valence-electron chi connectivity index (χ2n) is 4.94. The smallest absolute Gasteiger partial charge is 0.162 e. The molecule has 1 aliphatic heterocycles. The average molecular weight is 257 g/mol. The molecule has 1 N–H and O–H groups in total. The molecule has 5 heteroatoms. The van der Waals surface area contributed by atoms with Crippen molar-refractivity contribution < 1.29 is 18.3 Å². The lowest BCUT2D eigenvalue weighted by molar-refractivity contribution is -0.247. The fraction of sp³-hybridized carbons (Fsp3) is 0.538. The van der Waals surface area contributed by atoms with E-state index >= 15 is 0 Å². The van der Waals surface area contributed by atoms with Crippen molar-refractivity contribution in [2.75, 3.05) is 18.5 Å². The minimum Gasteiger partial charge on any atom is -0.375 e. The molecule has 18 heavy (non-hydrogen) atoms. The molecule has 0 aliphatic carbocycles. The molecular weight excluding hydrogens is 240 g/mol. The average Bonchev–Trinajstić information content (AvgIpc) is 2.28. The first-order valence-corrected chi connectivity index (χ1v) is 5.87. The van der Waals surface area contributed by atoms with Gasteiger partial charge in [0.05, 0.1) is 24.9 Å². The SMILES string of the molecule is Cc1cc(F)c(NC2COC(C)(C)OC2)cc1F. The Balaban J connectivity index is 2.04. The summed E-state index contributed by atoms with van der Waals surface area (Å²) < 4.78 is 37.9. The van der Waals surface area contributed by atoms with Crippen molar-refractivity contribution >= 4 is 5.69 Å². The van der Waals surface area contributed by atoms with Crippen LogP contribution in [0.15, 0.2) is 12.1 Å². The Morgan fingerprint density at radius 3 is 2.39 bits per heavy atom. The highest BCUT2D eigenvalue weighted by atomic mass is 19.1. The van der Waals surface area contributed by atoms with Crippen LogP contribution in [-0.2, 0) is 9.47 Å². The maximum absolute atomic E-state index is 13.6. The number of hydrogen-bond acceptors (Lipinski definition) is 3. The molecule has 100 valence electrons. The molecule has 1 heterocycles. The maximum Gasteiger partial charge on any atom is 0.162 e. The van der Waals surface area contributed by atoms with Crippen LogP contribution in [0.1, 0.15) is 19.4 Å². The normalized spacial score (nSPS) is 19.8. The highest BCUT2D eigenvalue weighted by molar-refractivity contribution is 5.47. The molecule has 1 aromatic carbocycles. The van der Waals surface area contributed by atoms with E-state index in [0.29, 0.717) is 13.2 Å². The van der Waals surface area contributed by atoms with Crippen molar-refractivity contribution in [3.8, 4) is 0 Å². The molecule has 0 amide bonds. The van der Waals surface area contributed by atoms with Crippen molar-refractivity contribution in [3.63, 3.8) is 0 Å². The van der Waals surface area contributed by atoms with Gasteiger partial charge in [-0.3, -0.25) is 0 Å². The van der Waals surface area contributed by atoms with Gasteiger partial charge in [0, 0.05) is 6.07 Å². The largest absolute Gasteiger partial charge is 0.375 e. The summed E-state index contributed by atoms with van der Waals surface area (Å²) in [6.07, 6.45) is 0. The minimum atomic E-state index is -0.616. The summed E-state index contributed by atoms with van der Waals surface area (Å²) >= 11 is 0. The number of aryl methyl sites for hydroxylation is 1. The first-order chi connectivity index (χ1) is 8.37. The predicted molar refractivity (Wildman–Crippen MR) is 64.5 cm³/mol. The van der Waals surface area contributed by atoms with E-state index in [-0.39, 0.29) is 17.3 Å². The zero-order valence-corrected chi connectivity index (χ0v) is 10.7. The molecule has 0 spiro atoms. The van der Waals surface area contributed by atoms with Crippen molar-refractivity contribution in [1.82, 2.24) is 0 Å². The highest BCUT2D eigenvalue weighted by Crippen LogP contribution is 2.23. The van der Waals surface area contributed by atoms with Gasteiger partial charge in [-0.25, -0.2) is 8.78 Å². The van der Waals surface area contributed by atoms with Crippen molar-refractivity contribution in [2.45, 2.75) is 32.6 Å². The first-order valence-electron chi connectivity index (χ1n) is 5.87. The Hall–Kier alpha value is -1.20. The molecule has 3 nitrogen and oxygen atoms in total. The number of ether oxygens (including phenoxy) is 2. The van der Waals surface area contributed by atoms with E-state index in [9.17, 15) is 8.78 Å². The van der Waals surface area contributed by atoms with Crippen LogP contribution in [0, 0.1) is 18.6 Å². The fourth-order valence-corrected chi connectivity index (χ4v) is 1.75. The van der Waals surface area contributed by atoms with Crippen molar-refractivity contribution in [1.29, 1.82) is 0 Å². The molecular formula is C13H17F2NO2. The van der Waals surface area contributed by atoms with Crippen LogP contribution in [0.4, 0.5) is 14.5 Å². The molecule has 0 unspecified atom stereocenters. The summed E-state index contributed by atoms with van der Waals surface area (Å²) in [6.45, 7) is 5.94. The fourth-order valence-electron chi connectivity index (χ4n) is 1.75. The summed E-state index contributed by atoms with van der Waals surface area (Å²) in [4.78, 5) is 0. The van der Waals surface area contributed by atoms with Crippen LogP contribution >= 0.6 is 0 Å². The molecule has 0 aromatic heterocycles. The standard InChI is InChI=1S/C13H17F2NO2/c1-8-4-11(15)12(5-10(8)14)16-9-6-17-13(2,3)18-7-9/h4-5,9,16H,6-7H2,1-3H3. The predicted octanol–water partition coefficient (Wildman–Crippen LogP) is 2.84. The Kier molecular flexibility index (Phi) is 3.54. The summed E-state index contributed by atoms with van der Waals surface area (Å²) in [5.74, 6) is -1.52. The third kappa shape index (κ3) is 2.97. The number of halogens is 2. The molecule has 1 saturated heterocycles. The van der Waals surface area contributed by atoms with Crippen LogP contribution in [0.5, 0.6) is 0 Å². The lowest BCUT2D eigenvalue weighted by Gasteiger charge is -2.35. The molecule has 0 atom stereocenters. The van der Waals surface area contributed by atoms with E-state index in [4.69, 9.17) is 9.47 Å². The van der Waals surface area contributed by atoms with Crippen LogP contribution in [-0.4, -0.2) is 25.0 Å². The second kappa shape index (κ2) is 4.82. The molecule has 1 aromatic rings. The zero-order valence-electron chi connectivity index (χ0n) is 10.7. The van der Waals surface area contributed by atoms with E-state index < -0.39 is 17.4 Å². The Morgan fingerprint density at radius 2 is 1.78 bits per heavy atom. The van der Waals surface area contributed by atoms with Gasteiger partial charge in [-0.15, -0.1) is 0 Å². The minimum absolute atomic E-state index is 0.134. The lowest BCUT2D eigenvalue weighted by atomic mass is 10.2. The van der Waals surface area contributed by atoms with Gasteiger partial charge in [0.1, 0.15) is 11.6 Å². The van der Waals surface area contributed by atoms with Crippen molar-refractivity contribution in [2.24, 2.45) is 0 Å². The summed E-state index contributed by atoms with van der Waals surface area (Å²) in [6, 6.07) is 2.14. The molecule has 1 aliphatic rings. The molecule has 0 radical (unpaired) electrons. The van der Waals surface area contributed by atoms with Crippen LogP contribution in [0.3, 0.4) is 0 Å². The van der Waals surface area contributed by atoms with E-state index in [1.54, 1.807) is 0 Å². The quantitative estimate of drug-likeness (QED) is 0.883. The Bertz CT molecular complexity index is 439. The van der Waals surface area contributed by atoms with Gasteiger partial charge in [0.25, 0.3) is 0 Å². The van der Waals surface area contributed by atoms with E-state index in [2.05, 4.69) is 5.32 Å². The van der Waals surface area contributed by atoms with Gasteiger partial charge in [-0.2, -0.15) is 0 Å². The summed E-state index contributed by atoms with van der Waals surface area (Å²) in [5, 5.41) is 2.89. The second-order valence-corrected chi connectivity index (χ2v) is 4.94. The number of anilines is 1. The number of hydrogen-bond donors (Lipinski definition) is 1. The molecule has 0 bridgehead atoms. The lowest BCUT2D eigenvalue weighted by Crippen LogP contribution is -2.45. The molecule has 2 rings (SSSR count). The topological polar surface area (TPSA) is 30.5 Å². The zero-order chi connectivity index (χ0) is 13.3. The maximum atomic E-state index is 13.6. The highest BCUT2D eigenvalue weighted by Gasteiger charge is 2.28. The van der Waals surface area contributed by atoms with Gasteiger partial charge >= 0.3 is 0 Å². The number of nitrogens with one attached hydrogen (secondary N) is 1. The summed E-state index contributed by atoms with van der Waals surface area (Å²) in [5.41, 5.74) is 0.422. The summed E-state index contributed by atoms with van der Waals surface area (Å²) in [7, 11) is 0. The third-order valence-corrected chi connectivity index (χ3v) is 2.87. The molecule has 1 fully saturated rings. The number of rotatable bonds is 2. The van der Waals surface area contributed by atoms with Crippen LogP contribution in [0.25, 0.3) is 0 Å². The van der Waals surface area contributed by atoms with Crippen molar-refractivity contribution in [3.05, 3.63) is 29.3 Å². The first kappa shape index (κ1) is 13.2. The Labute approximate surface area is 105 Å². The molecule has 0 saturated carbocycles. The van der Waals surface area contributed by atoms with Gasteiger partial charge in [0.15, 0.2) is 5.79 Å². The third-order valence-electron chi connectivity index (χ3n) is 2.87. The van der Waals surface area contributed by atoms with E-state index in [0.717, 1.165) is 6.07 Å². The van der Waals surface area contributed by atoms with Crippen LogP contribution in [0.2, 0.25) is 0 Å². The van der Waals surface area contributed by atoms with Gasteiger partial charge in [-0.1, -0.05) is 0 Å².